The summed E-state index contributed by atoms with van der Waals surface area (Å²) < 4.78 is 6.27. The zero-order chi connectivity index (χ0) is 19.0. The van der Waals surface area contributed by atoms with Crippen molar-refractivity contribution in [1.82, 2.24) is 14.6 Å². The second-order valence-corrected chi connectivity index (χ2v) is 5.89. The van der Waals surface area contributed by atoms with Gasteiger partial charge in [-0.2, -0.15) is 5.10 Å². The van der Waals surface area contributed by atoms with Gasteiger partial charge in [-0.05, 0) is 6.07 Å². The van der Waals surface area contributed by atoms with E-state index in [-0.39, 0.29) is 23.6 Å². The number of methoxy groups -OCH3 is 1. The molecule has 1 aliphatic rings. The molecule has 0 spiro atoms. The fourth-order valence-electron chi connectivity index (χ4n) is 3.00. The Balaban J connectivity index is 2.12. The van der Waals surface area contributed by atoms with E-state index in [1.54, 1.807) is 12.1 Å². The first-order chi connectivity index (χ1) is 12.3. The molecule has 1 aliphatic heterocycles. The molecule has 0 radical (unpaired) electrons. The van der Waals surface area contributed by atoms with E-state index in [4.69, 9.17) is 4.74 Å². The summed E-state index contributed by atoms with van der Waals surface area (Å²) in [6.45, 7) is 1.36. The number of rotatable bonds is 3. The molecule has 3 rings (SSSR count). The summed E-state index contributed by atoms with van der Waals surface area (Å²) in [4.78, 5) is 38.0. The maximum absolute atomic E-state index is 12.2. The van der Waals surface area contributed by atoms with Crippen LogP contribution < -0.4 is 16.0 Å². The molecule has 26 heavy (non-hydrogen) atoms. The van der Waals surface area contributed by atoms with Crippen LogP contribution in [0.25, 0.3) is 0 Å². The Morgan fingerprint density at radius 1 is 1.35 bits per heavy atom. The quantitative estimate of drug-likeness (QED) is 0.828. The highest BCUT2D eigenvalue weighted by Gasteiger charge is 2.35. The first kappa shape index (κ1) is 17.5. The molecule has 2 heterocycles. The van der Waals surface area contributed by atoms with Crippen LogP contribution in [0.15, 0.2) is 39.0 Å². The van der Waals surface area contributed by atoms with E-state index in [0.29, 0.717) is 5.75 Å². The largest absolute Gasteiger partial charge is 0.496 e. The summed E-state index contributed by atoms with van der Waals surface area (Å²) in [6.07, 6.45) is 0.189. The fourth-order valence-corrected chi connectivity index (χ4v) is 3.00. The molecular weight excluding hydrogens is 340 g/mol. The molecule has 2 aromatic rings. The number of amides is 1. The van der Waals surface area contributed by atoms with E-state index >= 15 is 0 Å². The highest BCUT2D eigenvalue weighted by molar-refractivity contribution is 6.04. The molecule has 1 amide bonds. The summed E-state index contributed by atoms with van der Waals surface area (Å²) in [7, 11) is 2.85. The van der Waals surface area contributed by atoms with Crippen molar-refractivity contribution in [2.75, 3.05) is 7.11 Å². The lowest BCUT2D eigenvalue weighted by molar-refractivity contribution is -0.130. The van der Waals surface area contributed by atoms with Crippen LogP contribution in [0.4, 0.5) is 0 Å². The minimum atomic E-state index is -0.756. The molecule has 0 saturated carbocycles. The van der Waals surface area contributed by atoms with Gasteiger partial charge in [0.25, 0.3) is 5.56 Å². The number of aromatic nitrogens is 2. The first-order valence-corrected chi connectivity index (χ1v) is 7.88. The van der Waals surface area contributed by atoms with Crippen molar-refractivity contribution in [3.8, 4) is 11.6 Å². The molecule has 136 valence electrons. The number of hydrazone groups is 1. The third-order valence-corrected chi connectivity index (χ3v) is 4.31. The van der Waals surface area contributed by atoms with Gasteiger partial charge in [0, 0.05) is 26.0 Å². The van der Waals surface area contributed by atoms with Gasteiger partial charge in [-0.15, -0.1) is 0 Å². The highest BCUT2D eigenvalue weighted by Crippen LogP contribution is 2.37. The Morgan fingerprint density at radius 3 is 2.69 bits per heavy atom. The number of H-pyrrole nitrogens is 1. The number of carbonyl (C=O) groups excluding carboxylic acids is 1. The Bertz CT molecular complexity index is 1020. The van der Waals surface area contributed by atoms with Gasteiger partial charge in [0.2, 0.25) is 11.8 Å². The molecule has 1 unspecified atom stereocenters. The second kappa shape index (κ2) is 6.51. The summed E-state index contributed by atoms with van der Waals surface area (Å²) in [6, 6.07) is 6.70. The van der Waals surface area contributed by atoms with Gasteiger partial charge in [0.1, 0.15) is 11.3 Å². The van der Waals surface area contributed by atoms with Crippen LogP contribution in [0.5, 0.6) is 11.6 Å². The predicted molar refractivity (Wildman–Crippen MR) is 93.4 cm³/mol. The van der Waals surface area contributed by atoms with Crippen molar-refractivity contribution in [2.24, 2.45) is 12.1 Å². The molecule has 0 saturated heterocycles. The van der Waals surface area contributed by atoms with Crippen LogP contribution in [-0.2, 0) is 11.8 Å². The van der Waals surface area contributed by atoms with Crippen molar-refractivity contribution in [2.45, 2.75) is 19.4 Å². The molecule has 2 N–H and O–H groups in total. The minimum Gasteiger partial charge on any atom is -0.496 e. The third-order valence-electron chi connectivity index (χ3n) is 4.31. The van der Waals surface area contributed by atoms with Crippen molar-refractivity contribution in [3.05, 3.63) is 56.2 Å². The maximum Gasteiger partial charge on any atom is 0.330 e. The van der Waals surface area contributed by atoms with Crippen LogP contribution >= 0.6 is 0 Å². The molecule has 0 bridgehead atoms. The number of ether oxygens (including phenoxy) is 1. The molecule has 1 atom stereocenters. The third kappa shape index (κ3) is 2.77. The lowest BCUT2D eigenvalue weighted by Crippen LogP contribution is -2.32. The van der Waals surface area contributed by atoms with Crippen LogP contribution in [0.1, 0.15) is 30.5 Å². The average molecular weight is 358 g/mol. The Morgan fingerprint density at radius 2 is 2.04 bits per heavy atom. The normalized spacial score (nSPS) is 16.5. The summed E-state index contributed by atoms with van der Waals surface area (Å²) in [5.74, 6) is -0.239. The van der Waals surface area contributed by atoms with Gasteiger partial charge in [-0.1, -0.05) is 18.2 Å². The van der Waals surface area contributed by atoms with E-state index in [9.17, 15) is 19.5 Å². The zero-order valence-corrected chi connectivity index (χ0v) is 14.5. The second-order valence-electron chi connectivity index (χ2n) is 5.89. The lowest BCUT2D eigenvalue weighted by Gasteiger charge is -2.22. The van der Waals surface area contributed by atoms with E-state index in [1.807, 2.05) is 12.1 Å². The Hall–Kier alpha value is -3.36. The number of para-hydroxylation sites is 1. The number of aromatic amines is 1. The van der Waals surface area contributed by atoms with Gasteiger partial charge < -0.3 is 9.84 Å². The summed E-state index contributed by atoms with van der Waals surface area (Å²) in [5.41, 5.74) is -0.682. The van der Waals surface area contributed by atoms with E-state index in [2.05, 4.69) is 10.1 Å². The smallest absolute Gasteiger partial charge is 0.330 e. The topological polar surface area (TPSA) is 117 Å². The van der Waals surface area contributed by atoms with Crippen LogP contribution in [0, 0.1) is 0 Å². The van der Waals surface area contributed by atoms with Crippen molar-refractivity contribution >= 4 is 11.6 Å². The molecule has 0 fully saturated rings. The lowest BCUT2D eigenvalue weighted by atomic mass is 9.98. The number of hydrogen-bond donors (Lipinski definition) is 2. The van der Waals surface area contributed by atoms with E-state index in [0.717, 1.165) is 10.1 Å². The standard InChI is InChI=1S/C17H18N4O5/c1-9(22)21-12(10-6-4-5-7-13(10)26-3)8-11(19-21)14-15(23)18-17(25)20(2)16(14)24/h4-7,12,24H,8H2,1-3H3,(H,18,23,25). The molecular formula is C17H18N4O5. The molecule has 1 aromatic heterocycles. The van der Waals surface area contributed by atoms with Crippen molar-refractivity contribution in [1.29, 1.82) is 0 Å². The average Bonchev–Trinajstić information content (AvgIpc) is 3.04. The summed E-state index contributed by atoms with van der Waals surface area (Å²) >= 11 is 0. The van der Waals surface area contributed by atoms with E-state index < -0.39 is 23.2 Å². The molecule has 1 aromatic carbocycles. The number of nitrogens with one attached hydrogen (secondary N) is 1. The predicted octanol–water partition coefficient (Wildman–Crippen LogP) is 0.485. The Kier molecular flexibility index (Phi) is 4.37. The minimum absolute atomic E-state index is 0.129. The zero-order valence-electron chi connectivity index (χ0n) is 14.5. The van der Waals surface area contributed by atoms with Gasteiger partial charge in [-0.3, -0.25) is 19.1 Å². The van der Waals surface area contributed by atoms with Crippen molar-refractivity contribution in [3.63, 3.8) is 0 Å². The van der Waals surface area contributed by atoms with Gasteiger partial charge in [0.05, 0.1) is 18.9 Å². The Labute approximate surface area is 148 Å². The maximum atomic E-state index is 12.2. The fraction of sp³-hybridized carbons (Fsp3) is 0.294. The highest BCUT2D eigenvalue weighted by atomic mass is 16.5. The molecule has 0 aliphatic carbocycles. The summed E-state index contributed by atoms with van der Waals surface area (Å²) in [5, 5.41) is 15.7. The van der Waals surface area contributed by atoms with Gasteiger partial charge >= 0.3 is 5.69 Å². The van der Waals surface area contributed by atoms with Crippen LogP contribution in [0.2, 0.25) is 0 Å². The number of benzene rings is 1. The van der Waals surface area contributed by atoms with Gasteiger partial charge in [-0.25, -0.2) is 9.80 Å². The van der Waals surface area contributed by atoms with Crippen molar-refractivity contribution < 1.29 is 14.6 Å². The molecule has 9 heteroatoms. The SMILES string of the molecule is COc1ccccc1C1CC(c2c(O)n(C)c(=O)[nH]c2=O)=NN1C(C)=O. The van der Waals surface area contributed by atoms with Crippen LogP contribution in [-0.4, -0.2) is 38.4 Å². The van der Waals surface area contributed by atoms with Crippen LogP contribution in [0.3, 0.4) is 0 Å². The monoisotopic (exact) mass is 358 g/mol. The number of carbonyl (C=O) groups is 1. The van der Waals surface area contributed by atoms with E-state index in [1.165, 1.54) is 26.1 Å². The molecule has 9 nitrogen and oxygen atoms in total. The number of hydrogen-bond acceptors (Lipinski definition) is 6. The number of nitrogens with zero attached hydrogens (tertiary/aromatic N) is 3. The first-order valence-electron chi connectivity index (χ1n) is 7.88. The van der Waals surface area contributed by atoms with Gasteiger partial charge in [0.15, 0.2) is 0 Å². The number of aromatic hydroxyl groups is 1.